The minimum atomic E-state index is 0.151. The lowest BCUT2D eigenvalue weighted by Gasteiger charge is -2.38. The summed E-state index contributed by atoms with van der Waals surface area (Å²) in [5, 5.41) is 7.22. The normalized spacial score (nSPS) is 15.2. The van der Waals surface area contributed by atoms with Crippen LogP contribution in [0.1, 0.15) is 18.4 Å². The van der Waals surface area contributed by atoms with Gasteiger partial charge in [0.1, 0.15) is 11.2 Å². The van der Waals surface area contributed by atoms with Gasteiger partial charge in [-0.1, -0.05) is 177 Å². The highest BCUT2D eigenvalue weighted by Gasteiger charge is 2.31. The molecule has 2 nitrogen and oxygen atoms in total. The summed E-state index contributed by atoms with van der Waals surface area (Å²) in [5.41, 5.74) is 13.8. The van der Waals surface area contributed by atoms with E-state index in [4.69, 9.17) is 4.42 Å². The predicted molar refractivity (Wildman–Crippen MR) is 249 cm³/mol. The standard InChI is InChI=1S/C57H41NO/c1-38-14-12-24-53(56(38)42-18-6-3-7-19-42)58(46-31-26-41(27-32-46)48-23-13-20-39-17-8-9-21-47(39)48)52-34-29-44(37-51(52)40-15-4-2-5-16-40)43-28-33-49-45(36-43)30-35-55-57(49)50-22-10-11-25-54(50)59-55/h2-38,56H,1H3. The van der Waals surface area contributed by atoms with E-state index in [1.54, 1.807) is 0 Å². The molecular formula is C57H41NO. The Morgan fingerprint density at radius 1 is 0.458 bits per heavy atom. The highest BCUT2D eigenvalue weighted by Crippen LogP contribution is 2.47. The fourth-order valence-corrected chi connectivity index (χ4v) is 9.35. The summed E-state index contributed by atoms with van der Waals surface area (Å²) in [6.45, 7) is 2.34. The third-order valence-corrected chi connectivity index (χ3v) is 12.2. The average molecular weight is 756 g/mol. The monoisotopic (exact) mass is 755 g/mol. The molecule has 9 aromatic carbocycles. The minimum absolute atomic E-state index is 0.151. The van der Waals surface area contributed by atoms with E-state index < -0.39 is 0 Å². The summed E-state index contributed by atoms with van der Waals surface area (Å²) in [5.74, 6) is 0.448. The Morgan fingerprint density at radius 2 is 1.14 bits per heavy atom. The van der Waals surface area contributed by atoms with Gasteiger partial charge in [0.15, 0.2) is 0 Å². The van der Waals surface area contributed by atoms with Gasteiger partial charge < -0.3 is 9.32 Å². The molecule has 1 aliphatic carbocycles. The van der Waals surface area contributed by atoms with Gasteiger partial charge in [0, 0.05) is 33.6 Å². The van der Waals surface area contributed by atoms with Crippen LogP contribution in [0.3, 0.4) is 0 Å². The highest BCUT2D eigenvalue weighted by molar-refractivity contribution is 6.19. The molecule has 280 valence electrons. The second-order valence-electron chi connectivity index (χ2n) is 15.7. The van der Waals surface area contributed by atoms with Crippen LogP contribution in [-0.4, -0.2) is 0 Å². The maximum absolute atomic E-state index is 6.24. The average Bonchev–Trinajstić information content (AvgIpc) is 3.69. The van der Waals surface area contributed by atoms with Gasteiger partial charge in [-0.15, -0.1) is 0 Å². The SMILES string of the molecule is CC1C=CC=C(N(c2ccc(-c3cccc4ccccc34)cc2)c2ccc(-c3ccc4c(ccc5oc6ccccc6c54)c3)cc2-c2ccccc2)C1c1ccccc1. The minimum Gasteiger partial charge on any atom is -0.456 e. The van der Waals surface area contributed by atoms with Gasteiger partial charge in [0.05, 0.1) is 5.69 Å². The van der Waals surface area contributed by atoms with Crippen molar-refractivity contribution in [3.8, 4) is 33.4 Å². The summed E-state index contributed by atoms with van der Waals surface area (Å²) in [6, 6.07) is 72.7. The first-order chi connectivity index (χ1) is 29.2. The van der Waals surface area contributed by atoms with Crippen molar-refractivity contribution in [2.45, 2.75) is 12.8 Å². The van der Waals surface area contributed by atoms with Crippen LogP contribution >= 0.6 is 0 Å². The van der Waals surface area contributed by atoms with E-state index in [1.165, 1.54) is 71.6 Å². The molecule has 0 radical (unpaired) electrons. The zero-order valence-electron chi connectivity index (χ0n) is 32.8. The number of hydrogen-bond acceptors (Lipinski definition) is 2. The van der Waals surface area contributed by atoms with Gasteiger partial charge in [-0.25, -0.2) is 0 Å². The van der Waals surface area contributed by atoms with E-state index in [1.807, 2.05) is 12.1 Å². The van der Waals surface area contributed by atoms with Crippen LogP contribution in [0.4, 0.5) is 11.4 Å². The smallest absolute Gasteiger partial charge is 0.136 e. The Labute approximate surface area is 344 Å². The molecule has 2 heteroatoms. The van der Waals surface area contributed by atoms with Crippen molar-refractivity contribution in [2.75, 3.05) is 4.90 Å². The maximum Gasteiger partial charge on any atom is 0.136 e. The van der Waals surface area contributed by atoms with Crippen LogP contribution in [0.5, 0.6) is 0 Å². The van der Waals surface area contributed by atoms with Crippen molar-refractivity contribution in [3.05, 3.63) is 230 Å². The van der Waals surface area contributed by atoms with Gasteiger partial charge in [0.2, 0.25) is 0 Å². The lowest BCUT2D eigenvalue weighted by molar-refractivity contribution is 0.597. The molecule has 0 spiro atoms. The van der Waals surface area contributed by atoms with Crippen molar-refractivity contribution in [1.82, 2.24) is 0 Å². The number of rotatable bonds is 7. The molecule has 0 aliphatic heterocycles. The second kappa shape index (κ2) is 14.5. The van der Waals surface area contributed by atoms with Gasteiger partial charge in [-0.05, 0) is 109 Å². The fourth-order valence-electron chi connectivity index (χ4n) is 9.35. The van der Waals surface area contributed by atoms with Crippen molar-refractivity contribution in [1.29, 1.82) is 0 Å². The van der Waals surface area contributed by atoms with Crippen LogP contribution in [0, 0.1) is 5.92 Å². The topological polar surface area (TPSA) is 16.4 Å². The first-order valence-corrected chi connectivity index (χ1v) is 20.5. The molecule has 11 rings (SSSR count). The molecule has 10 aromatic rings. The number of nitrogens with zero attached hydrogens (tertiary/aromatic N) is 1. The molecule has 2 atom stereocenters. The predicted octanol–water partition coefficient (Wildman–Crippen LogP) is 15.9. The van der Waals surface area contributed by atoms with Gasteiger partial charge in [-0.2, -0.15) is 0 Å². The lowest BCUT2D eigenvalue weighted by atomic mass is 9.80. The second-order valence-corrected chi connectivity index (χ2v) is 15.7. The molecule has 0 bridgehead atoms. The maximum atomic E-state index is 6.24. The Balaban J connectivity index is 1.09. The van der Waals surface area contributed by atoms with Gasteiger partial charge in [-0.3, -0.25) is 0 Å². The van der Waals surface area contributed by atoms with Crippen LogP contribution in [0.2, 0.25) is 0 Å². The molecular weight excluding hydrogens is 715 g/mol. The summed E-state index contributed by atoms with van der Waals surface area (Å²) in [7, 11) is 0. The van der Waals surface area contributed by atoms with Crippen molar-refractivity contribution in [2.24, 2.45) is 5.92 Å². The molecule has 1 heterocycles. The lowest BCUT2D eigenvalue weighted by Crippen LogP contribution is -2.27. The van der Waals surface area contributed by atoms with Crippen molar-refractivity contribution < 1.29 is 4.42 Å². The number of para-hydroxylation sites is 1. The van der Waals surface area contributed by atoms with Crippen LogP contribution in [0.25, 0.3) is 76.9 Å². The van der Waals surface area contributed by atoms with E-state index in [2.05, 4.69) is 218 Å². The molecule has 59 heavy (non-hydrogen) atoms. The number of benzene rings is 9. The van der Waals surface area contributed by atoms with Crippen LogP contribution < -0.4 is 4.90 Å². The quantitative estimate of drug-likeness (QED) is 0.161. The summed E-state index contributed by atoms with van der Waals surface area (Å²) in [4.78, 5) is 2.51. The van der Waals surface area contributed by atoms with Crippen molar-refractivity contribution >= 4 is 54.9 Å². The van der Waals surface area contributed by atoms with E-state index in [-0.39, 0.29) is 5.92 Å². The molecule has 0 amide bonds. The fraction of sp³-hybridized carbons (Fsp3) is 0.0526. The largest absolute Gasteiger partial charge is 0.456 e. The van der Waals surface area contributed by atoms with Crippen LogP contribution in [-0.2, 0) is 0 Å². The molecule has 0 N–H and O–H groups in total. The molecule has 1 aromatic heterocycles. The van der Waals surface area contributed by atoms with E-state index >= 15 is 0 Å². The zero-order valence-corrected chi connectivity index (χ0v) is 32.8. The van der Waals surface area contributed by atoms with Crippen LogP contribution in [0.15, 0.2) is 229 Å². The third kappa shape index (κ3) is 6.13. The molecule has 0 saturated heterocycles. The summed E-state index contributed by atoms with van der Waals surface area (Å²) in [6.07, 6.45) is 6.90. The number of furan rings is 1. The first kappa shape index (κ1) is 34.8. The van der Waals surface area contributed by atoms with E-state index in [0.29, 0.717) is 5.92 Å². The summed E-state index contributed by atoms with van der Waals surface area (Å²) >= 11 is 0. The zero-order chi connectivity index (χ0) is 39.3. The first-order valence-electron chi connectivity index (χ1n) is 20.5. The molecule has 1 aliphatic rings. The van der Waals surface area contributed by atoms with Gasteiger partial charge in [0.25, 0.3) is 0 Å². The highest BCUT2D eigenvalue weighted by atomic mass is 16.3. The number of anilines is 2. The molecule has 2 unspecified atom stereocenters. The van der Waals surface area contributed by atoms with Gasteiger partial charge >= 0.3 is 0 Å². The summed E-state index contributed by atoms with van der Waals surface area (Å²) < 4.78 is 6.24. The Kier molecular flexibility index (Phi) is 8.56. The Hall–Kier alpha value is -7.42. The van der Waals surface area contributed by atoms with Crippen molar-refractivity contribution in [3.63, 3.8) is 0 Å². The Morgan fingerprint density at radius 3 is 1.98 bits per heavy atom. The number of hydrogen-bond donors (Lipinski definition) is 0. The molecule has 0 saturated carbocycles. The Bertz CT molecular complexity index is 3220. The van der Waals surface area contributed by atoms with E-state index in [9.17, 15) is 0 Å². The molecule has 0 fully saturated rings. The number of allylic oxidation sites excluding steroid dienone is 4. The third-order valence-electron chi connectivity index (χ3n) is 12.2. The number of fused-ring (bicyclic) bond motifs is 6. The van der Waals surface area contributed by atoms with E-state index in [0.717, 1.165) is 27.9 Å².